The van der Waals surface area contributed by atoms with Crippen LogP contribution in [0.15, 0.2) is 18.5 Å². The molecular formula is C23H31N5O. The molecule has 4 aliphatic rings. The molecule has 3 heterocycles. The van der Waals surface area contributed by atoms with Crippen LogP contribution in [-0.4, -0.2) is 51.3 Å². The maximum Gasteiger partial charge on any atom is 0.126 e. The zero-order valence-electron chi connectivity index (χ0n) is 17.4. The SMILES string of the molecule is Cc1cc(-c2cn([C@H]3[C@@H]4CC(N5CCOCC5C)C[C@@H]43)c(C3CC3)n2)cnc1N. The average Bonchev–Trinajstić information content (AvgIpc) is 3.59. The van der Waals surface area contributed by atoms with Gasteiger partial charge in [0.05, 0.1) is 18.9 Å². The second-order valence-electron chi connectivity index (χ2n) is 9.70. The number of ether oxygens (including phenoxy) is 1. The van der Waals surface area contributed by atoms with Crippen molar-refractivity contribution in [2.45, 2.75) is 63.6 Å². The van der Waals surface area contributed by atoms with E-state index in [-0.39, 0.29) is 0 Å². The van der Waals surface area contributed by atoms with Crippen LogP contribution in [0.5, 0.6) is 0 Å². The van der Waals surface area contributed by atoms with Crippen molar-refractivity contribution in [2.24, 2.45) is 11.8 Å². The summed E-state index contributed by atoms with van der Waals surface area (Å²) in [6.45, 7) is 7.22. The number of hydrogen-bond donors (Lipinski definition) is 1. The number of nitrogens with zero attached hydrogens (tertiary/aromatic N) is 4. The molecule has 5 atom stereocenters. The van der Waals surface area contributed by atoms with Gasteiger partial charge in [0, 0.05) is 48.5 Å². The lowest BCUT2D eigenvalue weighted by Crippen LogP contribution is -2.49. The standard InChI is InChI=1S/C23H31N5O/c1-13-7-16(10-25-22(13)24)20-11-28(23(26-20)15-3-4-15)21-18-8-17(9-19(18)21)27-5-6-29-12-14(27)2/h7,10-11,14-15,17-19,21H,3-6,8-9,12H2,1-2H3,(H2,24,25)/t14?,17?,18-,19+,21+. The highest BCUT2D eigenvalue weighted by atomic mass is 16.5. The van der Waals surface area contributed by atoms with Gasteiger partial charge in [0.25, 0.3) is 0 Å². The first-order valence-electron chi connectivity index (χ1n) is 11.2. The molecule has 1 saturated heterocycles. The van der Waals surface area contributed by atoms with E-state index in [1.807, 2.05) is 13.1 Å². The predicted molar refractivity (Wildman–Crippen MR) is 113 cm³/mol. The Hall–Kier alpha value is -1.92. The number of rotatable bonds is 4. The molecule has 2 unspecified atom stereocenters. The maximum absolute atomic E-state index is 5.92. The molecule has 154 valence electrons. The van der Waals surface area contributed by atoms with Gasteiger partial charge < -0.3 is 15.0 Å². The molecule has 6 rings (SSSR count). The van der Waals surface area contributed by atoms with Gasteiger partial charge in [-0.3, -0.25) is 4.90 Å². The van der Waals surface area contributed by atoms with Crippen LogP contribution in [0.2, 0.25) is 0 Å². The lowest BCUT2D eigenvalue weighted by Gasteiger charge is -2.38. The fourth-order valence-electron chi connectivity index (χ4n) is 5.90. The second-order valence-corrected chi connectivity index (χ2v) is 9.70. The highest BCUT2D eigenvalue weighted by Crippen LogP contribution is 2.63. The number of nitrogen functional groups attached to an aromatic ring is 1. The van der Waals surface area contributed by atoms with Gasteiger partial charge in [-0.05, 0) is 63.0 Å². The van der Waals surface area contributed by atoms with Crippen LogP contribution in [-0.2, 0) is 4.74 Å². The van der Waals surface area contributed by atoms with E-state index in [0.717, 1.165) is 54.5 Å². The number of fused-ring (bicyclic) bond motifs is 1. The number of aryl methyl sites for hydroxylation is 1. The van der Waals surface area contributed by atoms with Gasteiger partial charge in [0.15, 0.2) is 0 Å². The van der Waals surface area contributed by atoms with Gasteiger partial charge in [-0.2, -0.15) is 0 Å². The average molecular weight is 394 g/mol. The van der Waals surface area contributed by atoms with Gasteiger partial charge in [-0.15, -0.1) is 0 Å². The minimum atomic E-state index is 0.563. The molecule has 0 bridgehead atoms. The molecule has 6 heteroatoms. The molecule has 0 radical (unpaired) electrons. The van der Waals surface area contributed by atoms with Gasteiger partial charge in [-0.25, -0.2) is 9.97 Å². The quantitative estimate of drug-likeness (QED) is 0.862. The summed E-state index contributed by atoms with van der Waals surface area (Å²) in [7, 11) is 0. The highest BCUT2D eigenvalue weighted by Gasteiger charge is 2.59. The Morgan fingerprint density at radius 2 is 2.00 bits per heavy atom. The van der Waals surface area contributed by atoms with Gasteiger partial charge in [0.1, 0.15) is 11.6 Å². The number of hydrogen-bond acceptors (Lipinski definition) is 5. The van der Waals surface area contributed by atoms with E-state index in [4.69, 9.17) is 15.5 Å². The van der Waals surface area contributed by atoms with Crippen LogP contribution >= 0.6 is 0 Å². The van der Waals surface area contributed by atoms with Crippen molar-refractivity contribution in [2.75, 3.05) is 25.5 Å². The molecule has 3 aliphatic carbocycles. The van der Waals surface area contributed by atoms with E-state index in [1.165, 1.54) is 31.5 Å². The monoisotopic (exact) mass is 393 g/mol. The predicted octanol–water partition coefficient (Wildman–Crippen LogP) is 3.38. The first-order chi connectivity index (χ1) is 14.1. The van der Waals surface area contributed by atoms with Crippen LogP contribution in [0.1, 0.15) is 56.0 Å². The Kier molecular flexibility index (Phi) is 4.04. The van der Waals surface area contributed by atoms with E-state index in [0.29, 0.717) is 23.8 Å². The molecule has 2 aromatic heterocycles. The Labute approximate surface area is 172 Å². The minimum Gasteiger partial charge on any atom is -0.383 e. The largest absolute Gasteiger partial charge is 0.383 e. The zero-order chi connectivity index (χ0) is 19.7. The van der Waals surface area contributed by atoms with Gasteiger partial charge in [0.2, 0.25) is 0 Å². The number of anilines is 1. The summed E-state index contributed by atoms with van der Waals surface area (Å²) in [4.78, 5) is 12.1. The fraction of sp³-hybridized carbons (Fsp3) is 0.652. The van der Waals surface area contributed by atoms with Crippen molar-refractivity contribution in [1.29, 1.82) is 0 Å². The minimum absolute atomic E-state index is 0.563. The molecule has 0 aromatic carbocycles. The fourth-order valence-corrected chi connectivity index (χ4v) is 5.90. The van der Waals surface area contributed by atoms with E-state index in [1.54, 1.807) is 0 Å². The van der Waals surface area contributed by atoms with Gasteiger partial charge in [-0.1, -0.05) is 0 Å². The third-order valence-corrected chi connectivity index (χ3v) is 7.70. The van der Waals surface area contributed by atoms with Crippen molar-refractivity contribution in [3.8, 4) is 11.3 Å². The summed E-state index contributed by atoms with van der Waals surface area (Å²) in [6, 6.07) is 4.08. The lowest BCUT2D eigenvalue weighted by atomic mass is 10.1. The molecule has 6 nitrogen and oxygen atoms in total. The Bertz CT molecular complexity index is 923. The van der Waals surface area contributed by atoms with E-state index in [2.05, 4.69) is 33.6 Å². The van der Waals surface area contributed by atoms with E-state index in [9.17, 15) is 0 Å². The summed E-state index contributed by atoms with van der Waals surface area (Å²) in [5.74, 6) is 4.21. The highest BCUT2D eigenvalue weighted by molar-refractivity contribution is 5.61. The van der Waals surface area contributed by atoms with Crippen LogP contribution in [0.25, 0.3) is 11.3 Å². The Balaban J connectivity index is 1.23. The maximum atomic E-state index is 5.92. The van der Waals surface area contributed by atoms with Crippen LogP contribution in [0, 0.1) is 18.8 Å². The smallest absolute Gasteiger partial charge is 0.126 e. The Morgan fingerprint density at radius 1 is 1.21 bits per heavy atom. The van der Waals surface area contributed by atoms with Crippen molar-refractivity contribution < 1.29 is 4.74 Å². The van der Waals surface area contributed by atoms with Crippen molar-refractivity contribution in [3.05, 3.63) is 29.8 Å². The molecule has 1 aliphatic heterocycles. The van der Waals surface area contributed by atoms with E-state index < -0.39 is 0 Å². The molecule has 3 saturated carbocycles. The van der Waals surface area contributed by atoms with E-state index >= 15 is 0 Å². The van der Waals surface area contributed by atoms with Crippen LogP contribution in [0.3, 0.4) is 0 Å². The lowest BCUT2D eigenvalue weighted by molar-refractivity contribution is -0.0236. The second kappa shape index (κ2) is 6.54. The number of nitrogens with two attached hydrogens (primary N) is 1. The number of aromatic nitrogens is 3. The van der Waals surface area contributed by atoms with Crippen molar-refractivity contribution >= 4 is 5.82 Å². The third-order valence-electron chi connectivity index (χ3n) is 7.70. The molecule has 2 N–H and O–H groups in total. The number of pyridine rings is 1. The molecule has 0 amide bonds. The topological polar surface area (TPSA) is 69.2 Å². The molecule has 29 heavy (non-hydrogen) atoms. The van der Waals surface area contributed by atoms with Gasteiger partial charge >= 0.3 is 0 Å². The summed E-state index contributed by atoms with van der Waals surface area (Å²) in [6.07, 6.45) is 9.40. The van der Waals surface area contributed by atoms with Crippen LogP contribution in [0.4, 0.5) is 5.82 Å². The van der Waals surface area contributed by atoms with Crippen molar-refractivity contribution in [3.63, 3.8) is 0 Å². The summed E-state index contributed by atoms with van der Waals surface area (Å²) >= 11 is 0. The van der Waals surface area contributed by atoms with Crippen LogP contribution < -0.4 is 5.73 Å². The summed E-state index contributed by atoms with van der Waals surface area (Å²) in [5, 5.41) is 0. The Morgan fingerprint density at radius 3 is 2.69 bits per heavy atom. The van der Waals surface area contributed by atoms with Crippen molar-refractivity contribution in [1.82, 2.24) is 19.4 Å². The third kappa shape index (κ3) is 2.99. The zero-order valence-corrected chi connectivity index (χ0v) is 17.4. The molecule has 0 spiro atoms. The summed E-state index contributed by atoms with van der Waals surface area (Å²) in [5.41, 5.74) is 9.09. The summed E-state index contributed by atoms with van der Waals surface area (Å²) < 4.78 is 8.19. The number of imidazole rings is 1. The molecule has 2 aromatic rings. The molecular weight excluding hydrogens is 362 g/mol. The first kappa shape index (κ1) is 17.9. The number of morpholine rings is 1. The normalized spacial score (nSPS) is 34.3. The molecule has 4 fully saturated rings. The first-order valence-corrected chi connectivity index (χ1v) is 11.2.